The zero-order chi connectivity index (χ0) is 14.4. The van der Waals surface area contributed by atoms with Crippen molar-refractivity contribution >= 4 is 11.6 Å². The molecule has 0 saturated carbocycles. The van der Waals surface area contributed by atoms with Gasteiger partial charge in [0.25, 0.3) is 0 Å². The number of hydrogen-bond donors (Lipinski definition) is 1. The molecular weight excluding hydrogens is 277 g/mol. The van der Waals surface area contributed by atoms with E-state index in [1.807, 2.05) is 37.4 Å². The average Bonchev–Trinajstić information content (AvgIpc) is 2.48. The molecule has 1 atom stereocenters. The van der Waals surface area contributed by atoms with Crippen LogP contribution in [0.2, 0.25) is 5.02 Å². The van der Waals surface area contributed by atoms with Crippen molar-refractivity contribution < 1.29 is 9.13 Å². The fourth-order valence-electron chi connectivity index (χ4n) is 2.05. The van der Waals surface area contributed by atoms with E-state index in [2.05, 4.69) is 5.32 Å². The van der Waals surface area contributed by atoms with E-state index in [0.717, 1.165) is 11.3 Å². The highest BCUT2D eigenvalue weighted by Crippen LogP contribution is 2.26. The first-order chi connectivity index (χ1) is 9.70. The molecule has 0 fully saturated rings. The normalized spacial score (nSPS) is 12.2. The van der Waals surface area contributed by atoms with Gasteiger partial charge in [-0.2, -0.15) is 0 Å². The third-order valence-corrected chi connectivity index (χ3v) is 3.44. The maximum Gasteiger partial charge on any atom is 0.123 e. The van der Waals surface area contributed by atoms with Crippen LogP contribution in [0.25, 0.3) is 0 Å². The van der Waals surface area contributed by atoms with Crippen LogP contribution in [-0.4, -0.2) is 13.7 Å². The number of hydrogen-bond acceptors (Lipinski definition) is 2. The predicted octanol–water partition coefficient (Wildman–Crippen LogP) is 4.21. The quantitative estimate of drug-likeness (QED) is 0.861. The minimum atomic E-state index is -0.284. The summed E-state index contributed by atoms with van der Waals surface area (Å²) < 4.78 is 19.0. The van der Waals surface area contributed by atoms with Crippen molar-refractivity contribution in [3.8, 4) is 5.75 Å². The van der Waals surface area contributed by atoms with Crippen LogP contribution >= 0.6 is 11.6 Å². The molecule has 2 aromatic rings. The molecule has 20 heavy (non-hydrogen) atoms. The molecule has 0 bridgehead atoms. The summed E-state index contributed by atoms with van der Waals surface area (Å²) in [6.45, 7) is 0.530. The van der Waals surface area contributed by atoms with Crippen molar-refractivity contribution in [1.29, 1.82) is 0 Å². The summed E-state index contributed by atoms with van der Waals surface area (Å²) in [5.41, 5.74) is 0.755. The lowest BCUT2D eigenvalue weighted by atomic mass is 10.0. The monoisotopic (exact) mass is 293 g/mol. The molecule has 1 N–H and O–H groups in total. The maximum absolute atomic E-state index is 13.3. The zero-order valence-electron chi connectivity index (χ0n) is 11.3. The van der Waals surface area contributed by atoms with Crippen LogP contribution in [-0.2, 0) is 0 Å². The van der Waals surface area contributed by atoms with E-state index in [1.54, 1.807) is 6.07 Å². The highest BCUT2D eigenvalue weighted by atomic mass is 35.5. The summed E-state index contributed by atoms with van der Waals surface area (Å²) in [5, 5.41) is 3.70. The lowest BCUT2D eigenvalue weighted by Crippen LogP contribution is -2.19. The molecule has 0 saturated heterocycles. The molecule has 106 valence electrons. The standard InChI is InChI=1S/C16H17ClFNO/c1-19-16(14-11-12(18)7-8-15(14)17)9-10-20-13-5-3-2-4-6-13/h2-8,11,16,19H,9-10H2,1H3. The number of para-hydroxylation sites is 1. The second kappa shape index (κ2) is 7.27. The topological polar surface area (TPSA) is 21.3 Å². The molecule has 0 aliphatic carbocycles. The van der Waals surface area contributed by atoms with Gasteiger partial charge in [-0.05, 0) is 42.9 Å². The van der Waals surface area contributed by atoms with E-state index in [-0.39, 0.29) is 11.9 Å². The Kier molecular flexibility index (Phi) is 5.39. The maximum atomic E-state index is 13.3. The van der Waals surface area contributed by atoms with Gasteiger partial charge in [-0.15, -0.1) is 0 Å². The second-order valence-corrected chi connectivity index (χ2v) is 4.86. The molecule has 1 unspecified atom stereocenters. The van der Waals surface area contributed by atoms with Crippen molar-refractivity contribution in [2.45, 2.75) is 12.5 Å². The highest BCUT2D eigenvalue weighted by Gasteiger charge is 2.14. The summed E-state index contributed by atoms with van der Waals surface area (Å²) in [4.78, 5) is 0. The Morgan fingerprint density at radius 2 is 1.95 bits per heavy atom. The Balaban J connectivity index is 1.97. The van der Waals surface area contributed by atoms with E-state index in [9.17, 15) is 4.39 Å². The third kappa shape index (κ3) is 3.95. The number of rotatable bonds is 6. The van der Waals surface area contributed by atoms with Gasteiger partial charge in [-0.25, -0.2) is 4.39 Å². The molecular formula is C16H17ClFNO. The lowest BCUT2D eigenvalue weighted by molar-refractivity contribution is 0.290. The molecule has 0 aliphatic rings. The number of halogens is 2. The Labute approximate surface area is 123 Å². The first-order valence-corrected chi connectivity index (χ1v) is 6.88. The van der Waals surface area contributed by atoms with Gasteiger partial charge in [0.2, 0.25) is 0 Å². The minimum absolute atomic E-state index is 0.0399. The molecule has 2 aromatic carbocycles. The minimum Gasteiger partial charge on any atom is -0.494 e. The first-order valence-electron chi connectivity index (χ1n) is 6.51. The summed E-state index contributed by atoms with van der Waals surface area (Å²) in [7, 11) is 1.83. The van der Waals surface area contributed by atoms with Gasteiger partial charge in [0.05, 0.1) is 6.61 Å². The number of ether oxygens (including phenoxy) is 1. The van der Waals surface area contributed by atoms with Crippen molar-refractivity contribution in [3.63, 3.8) is 0 Å². The third-order valence-electron chi connectivity index (χ3n) is 3.10. The Hall–Kier alpha value is -1.58. The number of nitrogens with one attached hydrogen (secondary N) is 1. The average molecular weight is 294 g/mol. The molecule has 0 aliphatic heterocycles. The molecule has 4 heteroatoms. The fourth-order valence-corrected chi connectivity index (χ4v) is 2.30. The second-order valence-electron chi connectivity index (χ2n) is 4.46. The zero-order valence-corrected chi connectivity index (χ0v) is 12.0. The molecule has 0 heterocycles. The molecule has 0 amide bonds. The Bertz CT molecular complexity index is 547. The van der Waals surface area contributed by atoms with Crippen LogP contribution in [0.3, 0.4) is 0 Å². The fraction of sp³-hybridized carbons (Fsp3) is 0.250. The van der Waals surface area contributed by atoms with E-state index in [4.69, 9.17) is 16.3 Å². The Morgan fingerprint density at radius 1 is 1.20 bits per heavy atom. The van der Waals surface area contributed by atoms with Crippen LogP contribution in [0.5, 0.6) is 5.75 Å². The van der Waals surface area contributed by atoms with Gasteiger partial charge >= 0.3 is 0 Å². The molecule has 0 aromatic heterocycles. The van der Waals surface area contributed by atoms with Gasteiger partial charge in [-0.3, -0.25) is 0 Å². The van der Waals surface area contributed by atoms with E-state index in [1.165, 1.54) is 12.1 Å². The van der Waals surface area contributed by atoms with Crippen molar-refractivity contribution in [1.82, 2.24) is 5.32 Å². The van der Waals surface area contributed by atoms with Gasteiger partial charge < -0.3 is 10.1 Å². The van der Waals surface area contributed by atoms with Crippen LogP contribution in [0, 0.1) is 5.82 Å². The van der Waals surface area contributed by atoms with E-state index in [0.29, 0.717) is 18.1 Å². The largest absolute Gasteiger partial charge is 0.494 e. The van der Waals surface area contributed by atoms with E-state index >= 15 is 0 Å². The number of benzene rings is 2. The van der Waals surface area contributed by atoms with E-state index < -0.39 is 0 Å². The summed E-state index contributed by atoms with van der Waals surface area (Å²) in [6.07, 6.45) is 0.703. The molecule has 2 rings (SSSR count). The highest BCUT2D eigenvalue weighted by molar-refractivity contribution is 6.31. The summed E-state index contributed by atoms with van der Waals surface area (Å²) >= 11 is 6.12. The summed E-state index contributed by atoms with van der Waals surface area (Å²) in [5.74, 6) is 0.543. The van der Waals surface area contributed by atoms with Gasteiger partial charge in [0.1, 0.15) is 11.6 Å². The van der Waals surface area contributed by atoms with Gasteiger partial charge in [-0.1, -0.05) is 29.8 Å². The van der Waals surface area contributed by atoms with Crippen LogP contribution in [0.15, 0.2) is 48.5 Å². The smallest absolute Gasteiger partial charge is 0.123 e. The van der Waals surface area contributed by atoms with Crippen LogP contribution in [0.4, 0.5) is 4.39 Å². The molecule has 0 spiro atoms. The van der Waals surface area contributed by atoms with Crippen molar-refractivity contribution in [3.05, 3.63) is 64.9 Å². The molecule has 0 radical (unpaired) electrons. The van der Waals surface area contributed by atoms with Crippen LogP contribution < -0.4 is 10.1 Å². The Morgan fingerprint density at radius 3 is 2.65 bits per heavy atom. The van der Waals surface area contributed by atoms with Gasteiger partial charge in [0, 0.05) is 17.5 Å². The van der Waals surface area contributed by atoms with Crippen molar-refractivity contribution in [2.24, 2.45) is 0 Å². The van der Waals surface area contributed by atoms with Crippen LogP contribution in [0.1, 0.15) is 18.0 Å². The lowest BCUT2D eigenvalue weighted by Gasteiger charge is -2.18. The predicted molar refractivity (Wildman–Crippen MR) is 79.8 cm³/mol. The van der Waals surface area contributed by atoms with Crippen molar-refractivity contribution in [2.75, 3.05) is 13.7 Å². The van der Waals surface area contributed by atoms with Gasteiger partial charge in [0.15, 0.2) is 0 Å². The SMILES string of the molecule is CNC(CCOc1ccccc1)c1cc(F)ccc1Cl. The summed E-state index contributed by atoms with van der Waals surface area (Å²) in [6, 6.07) is 14.0. The molecule has 2 nitrogen and oxygen atoms in total. The first kappa shape index (κ1) is 14.8.